The number of rotatable bonds is 7. The summed E-state index contributed by atoms with van der Waals surface area (Å²) in [6.07, 6.45) is 4.59. The molecule has 0 spiro atoms. The molecule has 1 saturated heterocycles. The first-order chi connectivity index (χ1) is 22.2. The Labute approximate surface area is 280 Å². The predicted octanol–water partition coefficient (Wildman–Crippen LogP) is 0.246. The molecule has 2 aliphatic rings. The maximum absolute atomic E-state index is 14.1. The third-order valence-electron chi connectivity index (χ3n) is 9.07. The van der Waals surface area contributed by atoms with Crippen molar-refractivity contribution in [3.05, 3.63) is 0 Å². The van der Waals surface area contributed by atoms with E-state index < -0.39 is 66.0 Å². The van der Waals surface area contributed by atoms with Gasteiger partial charge in [0.2, 0.25) is 29.5 Å². The summed E-state index contributed by atoms with van der Waals surface area (Å²) in [5.41, 5.74) is 5.92. The fourth-order valence-corrected chi connectivity index (χ4v) is 6.34. The first kappa shape index (κ1) is 40.0. The van der Waals surface area contributed by atoms with Gasteiger partial charge in [-0.15, -0.1) is 11.8 Å². The van der Waals surface area contributed by atoms with E-state index in [1.807, 2.05) is 25.7 Å². The molecule has 13 heteroatoms. The molecule has 0 bridgehead atoms. The van der Waals surface area contributed by atoms with E-state index in [9.17, 15) is 29.1 Å². The molecule has 1 heterocycles. The quantitative estimate of drug-likeness (QED) is 0.210. The molecule has 47 heavy (non-hydrogen) atoms. The number of nitrogens with two attached hydrogens (primary N) is 1. The third-order valence-corrected chi connectivity index (χ3v) is 9.07. The topological polar surface area (TPSA) is 186 Å². The highest BCUT2D eigenvalue weighted by Gasteiger charge is 2.39. The highest BCUT2D eigenvalue weighted by atomic mass is 16.3. The van der Waals surface area contributed by atoms with E-state index in [0.717, 1.165) is 32.1 Å². The molecular weight excluding hydrogens is 602 g/mol. The largest absolute Gasteiger partial charge is 0.391 e. The first-order valence-corrected chi connectivity index (χ1v) is 17.3. The van der Waals surface area contributed by atoms with Crippen LogP contribution in [0.1, 0.15) is 92.9 Å². The second-order valence-corrected chi connectivity index (χ2v) is 13.5. The maximum Gasteiger partial charge on any atom is 0.245 e. The van der Waals surface area contributed by atoms with Crippen molar-refractivity contribution in [1.82, 2.24) is 31.1 Å². The Morgan fingerprint density at radius 3 is 2.13 bits per heavy atom. The van der Waals surface area contributed by atoms with Gasteiger partial charge in [-0.2, -0.15) is 0 Å². The summed E-state index contributed by atoms with van der Waals surface area (Å²) in [6.45, 7) is 11.3. The number of carbonyl (C=O) groups is 5. The molecule has 0 radical (unpaired) electrons. The van der Waals surface area contributed by atoms with Crippen molar-refractivity contribution in [1.29, 1.82) is 0 Å². The number of aliphatic hydroxyl groups excluding tert-OH is 1. The van der Waals surface area contributed by atoms with Crippen LogP contribution in [0.25, 0.3) is 0 Å². The van der Waals surface area contributed by atoms with Gasteiger partial charge in [0, 0.05) is 45.6 Å². The van der Waals surface area contributed by atoms with Gasteiger partial charge in [-0.05, 0) is 51.9 Å². The molecule has 6 unspecified atom stereocenters. The monoisotopic (exact) mass is 661 g/mol. The number of amides is 5. The third kappa shape index (κ3) is 12.1. The van der Waals surface area contributed by atoms with Crippen molar-refractivity contribution in [2.75, 3.05) is 26.7 Å². The second kappa shape index (κ2) is 19.6. The summed E-state index contributed by atoms with van der Waals surface area (Å²) in [4.78, 5) is 72.0. The average Bonchev–Trinajstić information content (AvgIpc) is 3.03. The van der Waals surface area contributed by atoms with E-state index in [1.165, 1.54) is 11.8 Å². The molecule has 1 aliphatic heterocycles. The number of nitrogens with zero attached hydrogens (tertiary/aromatic N) is 2. The van der Waals surface area contributed by atoms with Gasteiger partial charge in [-0.1, -0.05) is 40.0 Å². The molecule has 2 fully saturated rings. The van der Waals surface area contributed by atoms with Crippen LogP contribution < -0.4 is 27.0 Å². The van der Waals surface area contributed by atoms with Crippen molar-refractivity contribution in [2.45, 2.75) is 135 Å². The second-order valence-electron chi connectivity index (χ2n) is 13.5. The smallest absolute Gasteiger partial charge is 0.245 e. The Hall–Kier alpha value is -3.21. The van der Waals surface area contributed by atoms with E-state index in [4.69, 9.17) is 5.73 Å². The Morgan fingerprint density at radius 2 is 1.55 bits per heavy atom. The van der Waals surface area contributed by atoms with Crippen molar-refractivity contribution >= 4 is 29.5 Å². The van der Waals surface area contributed by atoms with E-state index in [1.54, 1.807) is 20.9 Å². The van der Waals surface area contributed by atoms with Crippen molar-refractivity contribution < 1.29 is 29.1 Å². The molecule has 0 aromatic heterocycles. The Morgan fingerprint density at radius 1 is 0.894 bits per heavy atom. The van der Waals surface area contributed by atoms with Gasteiger partial charge >= 0.3 is 0 Å². The molecule has 7 atom stereocenters. The van der Waals surface area contributed by atoms with Crippen molar-refractivity contribution in [3.8, 4) is 11.8 Å². The number of carbonyl (C=O) groups excluding carboxylic acids is 5. The number of nitrogens with one attached hydrogen (secondary N) is 4. The number of hydrogen-bond donors (Lipinski definition) is 6. The van der Waals surface area contributed by atoms with Gasteiger partial charge in [0.15, 0.2) is 0 Å². The van der Waals surface area contributed by atoms with Gasteiger partial charge in [-0.25, -0.2) is 0 Å². The molecular formula is C34H59N7O6. The number of aliphatic hydroxyl groups is 1. The van der Waals surface area contributed by atoms with Crippen LogP contribution >= 0.6 is 0 Å². The molecule has 5 amide bonds. The summed E-state index contributed by atoms with van der Waals surface area (Å²) in [5.74, 6) is 3.44. The average molecular weight is 662 g/mol. The minimum absolute atomic E-state index is 0.0685. The lowest BCUT2D eigenvalue weighted by Gasteiger charge is -2.37. The Balaban J connectivity index is 2.59. The fourth-order valence-electron chi connectivity index (χ4n) is 6.34. The van der Waals surface area contributed by atoms with Crippen LogP contribution in [0.2, 0.25) is 0 Å². The zero-order valence-corrected chi connectivity index (χ0v) is 29.4. The molecule has 2 rings (SSSR count). The van der Waals surface area contributed by atoms with Crippen molar-refractivity contribution in [2.24, 2.45) is 17.6 Å². The summed E-state index contributed by atoms with van der Waals surface area (Å²) in [5, 5.41) is 21.5. The van der Waals surface area contributed by atoms with E-state index in [0.29, 0.717) is 25.8 Å². The van der Waals surface area contributed by atoms with Crippen LogP contribution in [0.3, 0.4) is 0 Å². The van der Waals surface area contributed by atoms with Crippen LogP contribution in [0, 0.1) is 23.7 Å². The predicted molar refractivity (Wildman–Crippen MR) is 180 cm³/mol. The van der Waals surface area contributed by atoms with Gasteiger partial charge in [0.05, 0.1) is 12.1 Å². The van der Waals surface area contributed by atoms with E-state index >= 15 is 0 Å². The lowest BCUT2D eigenvalue weighted by atomic mass is 9.83. The van der Waals surface area contributed by atoms with Crippen LogP contribution in [-0.4, -0.2) is 113 Å². The Bertz CT molecular complexity index is 1130. The molecule has 13 nitrogen and oxygen atoms in total. The van der Waals surface area contributed by atoms with Crippen molar-refractivity contribution in [3.63, 3.8) is 0 Å². The number of likely N-dealkylation sites (N-methyl/N-ethyl adjacent to an activating group) is 1. The molecule has 0 aromatic carbocycles. The summed E-state index contributed by atoms with van der Waals surface area (Å²) < 4.78 is 0. The van der Waals surface area contributed by atoms with Crippen LogP contribution in [-0.2, 0) is 24.0 Å². The van der Waals surface area contributed by atoms with E-state index in [2.05, 4.69) is 33.1 Å². The normalized spacial score (nSPS) is 29.1. The van der Waals surface area contributed by atoms with Crippen LogP contribution in [0.15, 0.2) is 0 Å². The summed E-state index contributed by atoms with van der Waals surface area (Å²) in [6, 6.07) is -5.50. The minimum Gasteiger partial charge on any atom is -0.391 e. The number of hydrogen-bond acceptors (Lipinski definition) is 8. The van der Waals surface area contributed by atoms with Gasteiger partial charge in [-0.3, -0.25) is 28.9 Å². The molecule has 7 N–H and O–H groups in total. The fraction of sp³-hybridized carbons (Fsp3) is 0.794. The SMILES string of the molecule is CCC#CCCN1C[C@@H](C)NC(=O)C(C(C)O)NC(=O)C(CN)NC(=O)C(C2CCCCC2)NC(=O)C(CC(C)C)N(C)C(=O)C1C. The molecule has 266 valence electrons. The Kier molecular flexibility index (Phi) is 16.6. The van der Waals surface area contributed by atoms with Gasteiger partial charge < -0.3 is 37.0 Å². The van der Waals surface area contributed by atoms with Crippen LogP contribution in [0.4, 0.5) is 0 Å². The summed E-state index contributed by atoms with van der Waals surface area (Å²) >= 11 is 0. The lowest BCUT2D eigenvalue weighted by Crippen LogP contribution is -2.63. The van der Waals surface area contributed by atoms with Gasteiger partial charge in [0.25, 0.3) is 0 Å². The van der Waals surface area contributed by atoms with Gasteiger partial charge in [0.1, 0.15) is 24.2 Å². The lowest BCUT2D eigenvalue weighted by molar-refractivity contribution is -0.144. The highest BCUT2D eigenvalue weighted by molar-refractivity contribution is 5.96. The molecule has 1 saturated carbocycles. The standard InChI is InChI=1S/C34H59N7O6/c1-8-9-10-14-17-41-20-22(4)36-32(45)28(24(6)42)38-30(43)26(19-35)37-33(46)29(25-15-12-11-13-16-25)39-31(44)27(18-21(2)3)40(7)34(47)23(41)5/h21-29,42H,8,11-20,35H2,1-7H3,(H,36,45)(H,37,46)(H,38,43)(H,39,44)/t22-,23?,24?,26?,27?,28?,29?/m1/s1. The maximum atomic E-state index is 14.1. The highest BCUT2D eigenvalue weighted by Crippen LogP contribution is 2.27. The zero-order chi connectivity index (χ0) is 35.3. The van der Waals surface area contributed by atoms with Crippen LogP contribution in [0.5, 0.6) is 0 Å². The van der Waals surface area contributed by atoms with E-state index in [-0.39, 0.29) is 30.8 Å². The summed E-state index contributed by atoms with van der Waals surface area (Å²) in [7, 11) is 1.61. The minimum atomic E-state index is -1.32. The molecule has 0 aromatic rings. The first-order valence-electron chi connectivity index (χ1n) is 17.3. The molecule has 1 aliphatic carbocycles. The zero-order valence-electron chi connectivity index (χ0n) is 29.4.